The Hall–Kier alpha value is -3.65. The number of rotatable bonds is 8. The fourth-order valence-corrected chi connectivity index (χ4v) is 3.33. The fraction of sp³-hybridized carbons (Fsp3) is 0.174. The van der Waals surface area contributed by atoms with Crippen LogP contribution >= 0.6 is 11.6 Å². The smallest absolute Gasteiger partial charge is 0.274 e. The molecule has 0 radical (unpaired) electrons. The second kappa shape index (κ2) is 9.65. The van der Waals surface area contributed by atoms with E-state index in [0.717, 1.165) is 5.56 Å². The summed E-state index contributed by atoms with van der Waals surface area (Å²) in [6.45, 7) is 0.600. The molecule has 2 heterocycles. The zero-order chi connectivity index (χ0) is 22.5. The predicted molar refractivity (Wildman–Crippen MR) is 118 cm³/mol. The first-order valence-corrected chi connectivity index (χ1v) is 10.3. The minimum atomic E-state index is -0.519. The summed E-state index contributed by atoms with van der Waals surface area (Å²) in [4.78, 5) is 16.7. The highest BCUT2D eigenvalue weighted by Crippen LogP contribution is 2.26. The number of nitrogens with zero attached hydrogens (tertiary/aromatic N) is 3. The first-order valence-electron chi connectivity index (χ1n) is 9.88. The second-order valence-electron chi connectivity index (χ2n) is 7.02. The first kappa shape index (κ1) is 21.6. The molecule has 1 amide bonds. The summed E-state index contributed by atoms with van der Waals surface area (Å²) >= 11 is 5.89. The molecule has 2 aromatic heterocycles. The number of nitrogens with one attached hydrogen (secondary N) is 1. The van der Waals surface area contributed by atoms with Crippen LogP contribution in [0, 0.1) is 5.82 Å². The molecule has 9 heteroatoms. The Morgan fingerprint density at radius 2 is 2.03 bits per heavy atom. The van der Waals surface area contributed by atoms with Gasteiger partial charge in [0.1, 0.15) is 12.2 Å². The van der Waals surface area contributed by atoms with Gasteiger partial charge in [-0.05, 0) is 54.4 Å². The molecule has 4 aromatic rings. The first-order chi connectivity index (χ1) is 15.5. The number of halogens is 2. The number of aromatic nitrogens is 3. The van der Waals surface area contributed by atoms with Crippen molar-refractivity contribution >= 4 is 17.5 Å². The Morgan fingerprint density at radius 1 is 1.22 bits per heavy atom. The number of hydrogen-bond donors (Lipinski definition) is 1. The molecule has 0 aliphatic heterocycles. The highest BCUT2D eigenvalue weighted by molar-refractivity contribution is 6.30. The molecule has 0 atom stereocenters. The number of hydrogen-bond acceptors (Lipinski definition) is 5. The molecule has 164 valence electrons. The summed E-state index contributed by atoms with van der Waals surface area (Å²) in [5, 5.41) is 7.51. The molecule has 0 aliphatic rings. The Kier molecular flexibility index (Phi) is 6.51. The molecule has 2 aromatic carbocycles. The van der Waals surface area contributed by atoms with Gasteiger partial charge in [0.15, 0.2) is 11.6 Å². The van der Waals surface area contributed by atoms with Gasteiger partial charge in [0.25, 0.3) is 5.89 Å². The zero-order valence-electron chi connectivity index (χ0n) is 17.2. The predicted octanol–water partition coefficient (Wildman–Crippen LogP) is 4.37. The van der Waals surface area contributed by atoms with Gasteiger partial charge in [-0.25, -0.2) is 4.39 Å². The van der Waals surface area contributed by atoms with Crippen LogP contribution in [0.4, 0.5) is 4.39 Å². The van der Waals surface area contributed by atoms with E-state index in [0.29, 0.717) is 29.2 Å². The van der Waals surface area contributed by atoms with Gasteiger partial charge in [-0.1, -0.05) is 28.9 Å². The summed E-state index contributed by atoms with van der Waals surface area (Å²) in [5.41, 5.74) is 2.13. The van der Waals surface area contributed by atoms with Gasteiger partial charge in [-0.15, -0.1) is 0 Å². The van der Waals surface area contributed by atoms with Gasteiger partial charge in [-0.2, -0.15) is 4.98 Å². The lowest BCUT2D eigenvalue weighted by molar-refractivity contribution is -0.121. The molecular weight excluding hydrogens is 435 g/mol. The van der Waals surface area contributed by atoms with E-state index in [1.54, 1.807) is 29.0 Å². The summed E-state index contributed by atoms with van der Waals surface area (Å²) in [7, 11) is 1.40. The molecule has 0 spiro atoms. The van der Waals surface area contributed by atoms with Crippen molar-refractivity contribution in [3.8, 4) is 28.7 Å². The van der Waals surface area contributed by atoms with Gasteiger partial charge in [0.05, 0.1) is 7.11 Å². The molecule has 0 fully saturated rings. The van der Waals surface area contributed by atoms with Crippen molar-refractivity contribution in [2.75, 3.05) is 13.7 Å². The lowest BCUT2D eigenvalue weighted by Gasteiger charge is -2.08. The van der Waals surface area contributed by atoms with Crippen LogP contribution in [0.2, 0.25) is 5.02 Å². The monoisotopic (exact) mass is 454 g/mol. The number of carbonyl (C=O) groups is 1. The molecule has 0 saturated carbocycles. The molecule has 4 rings (SSSR count). The standard InChI is InChI=1S/C23H20ClFN4O3/c1-31-20-9-6-16(13-18(20)25)22-27-23(32-28-22)19-3-2-12-29(19)14-21(30)26-11-10-15-4-7-17(24)8-5-15/h2-9,12-13H,10-11,14H2,1H3,(H,26,30). The molecule has 0 unspecified atom stereocenters. The maximum atomic E-state index is 14.0. The van der Waals surface area contributed by atoms with Crippen LogP contribution in [0.5, 0.6) is 5.75 Å². The Balaban J connectivity index is 1.39. The SMILES string of the molecule is COc1ccc(-c2noc(-c3cccn3CC(=O)NCCc3ccc(Cl)cc3)n2)cc1F. The minimum Gasteiger partial charge on any atom is -0.494 e. The van der Waals surface area contributed by atoms with Crippen molar-refractivity contribution < 1.29 is 18.4 Å². The van der Waals surface area contributed by atoms with Crippen LogP contribution in [0.1, 0.15) is 5.56 Å². The van der Waals surface area contributed by atoms with Gasteiger partial charge in [0.2, 0.25) is 11.7 Å². The molecule has 0 saturated heterocycles. The van der Waals surface area contributed by atoms with E-state index in [-0.39, 0.29) is 29.9 Å². The zero-order valence-corrected chi connectivity index (χ0v) is 18.0. The summed E-state index contributed by atoms with van der Waals surface area (Å²) in [6, 6.07) is 15.5. The van der Waals surface area contributed by atoms with Crippen LogP contribution in [0.25, 0.3) is 23.0 Å². The van der Waals surface area contributed by atoms with Crippen molar-refractivity contribution in [1.29, 1.82) is 0 Å². The maximum absolute atomic E-state index is 14.0. The average molecular weight is 455 g/mol. The molecule has 0 bridgehead atoms. The lowest BCUT2D eigenvalue weighted by Crippen LogP contribution is -2.29. The Labute approximate surface area is 188 Å². The number of amides is 1. The average Bonchev–Trinajstić information content (AvgIpc) is 3.44. The summed E-state index contributed by atoms with van der Waals surface area (Å²) in [6.07, 6.45) is 2.46. The summed E-state index contributed by atoms with van der Waals surface area (Å²) in [5.74, 6) is -0.0614. The van der Waals surface area contributed by atoms with E-state index < -0.39 is 5.82 Å². The van der Waals surface area contributed by atoms with Crippen molar-refractivity contribution in [3.05, 3.63) is 77.2 Å². The third-order valence-electron chi connectivity index (χ3n) is 4.85. The van der Waals surface area contributed by atoms with E-state index in [9.17, 15) is 9.18 Å². The van der Waals surface area contributed by atoms with Gasteiger partial charge in [-0.3, -0.25) is 4.79 Å². The van der Waals surface area contributed by atoms with E-state index in [2.05, 4.69) is 15.5 Å². The van der Waals surface area contributed by atoms with E-state index >= 15 is 0 Å². The van der Waals surface area contributed by atoms with Gasteiger partial charge >= 0.3 is 0 Å². The van der Waals surface area contributed by atoms with E-state index in [1.807, 2.05) is 24.3 Å². The fourth-order valence-electron chi connectivity index (χ4n) is 3.20. The molecule has 1 N–H and O–H groups in total. The Bertz CT molecular complexity index is 1220. The maximum Gasteiger partial charge on any atom is 0.274 e. The number of methoxy groups -OCH3 is 1. The quantitative estimate of drug-likeness (QED) is 0.427. The van der Waals surface area contributed by atoms with E-state index in [1.165, 1.54) is 19.2 Å². The second-order valence-corrected chi connectivity index (χ2v) is 7.46. The van der Waals surface area contributed by atoms with Gasteiger partial charge < -0.3 is 19.1 Å². The topological polar surface area (TPSA) is 82.2 Å². The normalized spacial score (nSPS) is 10.8. The highest BCUT2D eigenvalue weighted by atomic mass is 35.5. The molecular formula is C23H20ClFN4O3. The van der Waals surface area contributed by atoms with Crippen molar-refractivity contribution in [1.82, 2.24) is 20.0 Å². The van der Waals surface area contributed by atoms with Crippen molar-refractivity contribution in [3.63, 3.8) is 0 Å². The highest BCUT2D eigenvalue weighted by Gasteiger charge is 2.16. The lowest BCUT2D eigenvalue weighted by atomic mass is 10.1. The number of ether oxygens (including phenoxy) is 1. The van der Waals surface area contributed by atoms with Crippen LogP contribution in [-0.4, -0.2) is 34.3 Å². The number of carbonyl (C=O) groups excluding carboxylic acids is 1. The third kappa shape index (κ3) is 4.97. The largest absolute Gasteiger partial charge is 0.494 e. The van der Waals surface area contributed by atoms with Crippen molar-refractivity contribution in [2.45, 2.75) is 13.0 Å². The molecule has 32 heavy (non-hydrogen) atoms. The summed E-state index contributed by atoms with van der Waals surface area (Å²) < 4.78 is 26.0. The van der Waals surface area contributed by atoms with Gasteiger partial charge in [0, 0.05) is 23.3 Å². The van der Waals surface area contributed by atoms with Crippen LogP contribution in [0.3, 0.4) is 0 Å². The van der Waals surface area contributed by atoms with Crippen LogP contribution in [-0.2, 0) is 17.8 Å². The molecule has 7 nitrogen and oxygen atoms in total. The minimum absolute atomic E-state index is 0.0951. The van der Waals surface area contributed by atoms with E-state index in [4.69, 9.17) is 20.9 Å². The number of benzene rings is 2. The molecule has 0 aliphatic carbocycles. The van der Waals surface area contributed by atoms with Crippen LogP contribution < -0.4 is 10.1 Å². The third-order valence-corrected chi connectivity index (χ3v) is 5.10. The Morgan fingerprint density at radius 3 is 2.78 bits per heavy atom. The van der Waals surface area contributed by atoms with Crippen molar-refractivity contribution in [2.24, 2.45) is 0 Å². The van der Waals surface area contributed by atoms with Crippen LogP contribution in [0.15, 0.2) is 65.3 Å².